The number of benzene rings is 2. The third kappa shape index (κ3) is 4.82. The highest BCUT2D eigenvalue weighted by molar-refractivity contribution is 8.76. The van der Waals surface area contributed by atoms with Gasteiger partial charge in [-0.25, -0.2) is 10.2 Å². The number of nitrogens with one attached hydrogen (secondary N) is 2. The summed E-state index contributed by atoms with van der Waals surface area (Å²) < 4.78 is 3.90. The lowest BCUT2D eigenvalue weighted by atomic mass is 10.1. The standard InChI is InChI=1S/C26H22N8S2/c1-17-13-23(33-25(27-17)29-21(31-33)15-19-9-5-3-6-10-19)35-36-24-14-18(2)28-26-30-22(32-34(24)26)16-20-11-7-4-8-12-20/h3-14H,15-16H2,1-2H3/p+2. The predicted molar refractivity (Wildman–Crippen MR) is 139 cm³/mol. The first kappa shape index (κ1) is 22.7. The van der Waals surface area contributed by atoms with Crippen LogP contribution in [-0.4, -0.2) is 30.1 Å². The molecule has 36 heavy (non-hydrogen) atoms. The van der Waals surface area contributed by atoms with Crippen molar-refractivity contribution < 1.29 is 9.03 Å². The fraction of sp³-hybridized carbons (Fsp3) is 0.154. The second-order valence-electron chi connectivity index (χ2n) is 8.57. The molecule has 4 heterocycles. The van der Waals surface area contributed by atoms with Crippen LogP contribution in [0.1, 0.15) is 34.2 Å². The minimum absolute atomic E-state index is 0.666. The molecule has 0 aliphatic carbocycles. The van der Waals surface area contributed by atoms with Crippen molar-refractivity contribution in [1.29, 1.82) is 0 Å². The number of aryl methyl sites for hydroxylation is 2. The molecule has 8 nitrogen and oxygen atoms in total. The van der Waals surface area contributed by atoms with Gasteiger partial charge in [0.05, 0.1) is 0 Å². The van der Waals surface area contributed by atoms with Gasteiger partial charge in [0.2, 0.25) is 11.6 Å². The Kier molecular flexibility index (Phi) is 6.12. The lowest BCUT2D eigenvalue weighted by Crippen LogP contribution is -2.29. The van der Waals surface area contributed by atoms with Crippen LogP contribution in [0.25, 0.3) is 11.6 Å². The molecule has 0 bridgehead atoms. The molecular weight excluding hydrogens is 488 g/mol. The van der Waals surface area contributed by atoms with Crippen molar-refractivity contribution in [3.63, 3.8) is 0 Å². The highest BCUT2D eigenvalue weighted by Crippen LogP contribution is 2.34. The smallest absolute Gasteiger partial charge is 0.213 e. The monoisotopic (exact) mass is 512 g/mol. The van der Waals surface area contributed by atoms with Gasteiger partial charge in [0.1, 0.15) is 11.4 Å². The van der Waals surface area contributed by atoms with Gasteiger partial charge in [0, 0.05) is 25.0 Å². The van der Waals surface area contributed by atoms with Crippen LogP contribution in [0.3, 0.4) is 0 Å². The Bertz CT molecular complexity index is 1540. The fourth-order valence-corrected chi connectivity index (χ4v) is 6.28. The summed E-state index contributed by atoms with van der Waals surface area (Å²) in [7, 11) is 3.29. The summed E-state index contributed by atoms with van der Waals surface area (Å²) in [4.78, 5) is 18.7. The van der Waals surface area contributed by atoms with Crippen LogP contribution in [0.5, 0.6) is 0 Å². The summed E-state index contributed by atoms with van der Waals surface area (Å²) in [6, 6.07) is 24.8. The summed E-state index contributed by atoms with van der Waals surface area (Å²) in [5.74, 6) is 3.09. The first-order chi connectivity index (χ1) is 17.6. The van der Waals surface area contributed by atoms with E-state index in [1.807, 2.05) is 59.3 Å². The molecule has 6 rings (SSSR count). The van der Waals surface area contributed by atoms with Crippen molar-refractivity contribution >= 4 is 33.1 Å². The Balaban J connectivity index is 1.28. The Morgan fingerprint density at radius 1 is 0.611 bits per heavy atom. The molecule has 2 aromatic carbocycles. The molecule has 0 atom stereocenters. The van der Waals surface area contributed by atoms with Crippen molar-refractivity contribution in [3.8, 4) is 0 Å². The number of fused-ring (bicyclic) bond motifs is 2. The van der Waals surface area contributed by atoms with Gasteiger partial charge in [0.25, 0.3) is 0 Å². The third-order valence-electron chi connectivity index (χ3n) is 5.65. The Hall–Kier alpha value is -3.76. The van der Waals surface area contributed by atoms with Gasteiger partial charge in [-0.15, -0.1) is 9.03 Å². The van der Waals surface area contributed by atoms with E-state index in [2.05, 4.69) is 56.6 Å². The molecule has 0 aliphatic heterocycles. The van der Waals surface area contributed by atoms with Crippen LogP contribution in [0, 0.1) is 13.8 Å². The fourth-order valence-electron chi connectivity index (χ4n) is 4.02. The molecule has 178 valence electrons. The molecule has 0 fully saturated rings. The first-order valence-corrected chi connectivity index (χ1v) is 13.7. The highest BCUT2D eigenvalue weighted by atomic mass is 33.1. The molecule has 4 aromatic heterocycles. The molecule has 0 spiro atoms. The zero-order chi connectivity index (χ0) is 24.5. The van der Waals surface area contributed by atoms with Crippen molar-refractivity contribution in [1.82, 2.24) is 30.1 Å². The average molecular weight is 513 g/mol. The van der Waals surface area contributed by atoms with E-state index in [4.69, 9.17) is 9.97 Å². The van der Waals surface area contributed by atoms with Gasteiger partial charge < -0.3 is 0 Å². The number of aromatic nitrogens is 8. The topological polar surface area (TPSA) is 91.3 Å². The van der Waals surface area contributed by atoms with Crippen molar-refractivity contribution in [3.05, 3.63) is 107 Å². The minimum Gasteiger partial charge on any atom is -0.213 e. The van der Waals surface area contributed by atoms with E-state index in [-0.39, 0.29) is 0 Å². The van der Waals surface area contributed by atoms with E-state index in [0.29, 0.717) is 11.6 Å². The van der Waals surface area contributed by atoms with Crippen molar-refractivity contribution in [2.75, 3.05) is 0 Å². The summed E-state index contributed by atoms with van der Waals surface area (Å²) in [6.45, 7) is 3.99. The van der Waals surface area contributed by atoms with Crippen molar-refractivity contribution in [2.45, 2.75) is 36.7 Å². The number of rotatable bonds is 7. The quantitative estimate of drug-likeness (QED) is 0.191. The number of hydrogen-bond acceptors (Lipinski definition) is 6. The number of H-pyrrole nitrogens is 2. The third-order valence-corrected chi connectivity index (χ3v) is 7.95. The Morgan fingerprint density at radius 2 is 1.03 bits per heavy atom. The maximum absolute atomic E-state index is 4.73. The first-order valence-electron chi connectivity index (χ1n) is 11.6. The van der Waals surface area contributed by atoms with Gasteiger partial charge in [0.15, 0.2) is 10.1 Å². The van der Waals surface area contributed by atoms with E-state index < -0.39 is 0 Å². The van der Waals surface area contributed by atoms with Gasteiger partial charge >= 0.3 is 11.6 Å². The minimum atomic E-state index is 0.666. The van der Waals surface area contributed by atoms with E-state index in [0.717, 1.165) is 45.9 Å². The summed E-state index contributed by atoms with van der Waals surface area (Å²) >= 11 is 0. The highest BCUT2D eigenvalue weighted by Gasteiger charge is 2.22. The SMILES string of the molecule is Cc1cc(SSc2cc(C)nc3nc(Cc4ccccc4)[nH][n+]23)[n+]2[nH]c(Cc3ccccc3)nc2n1. The summed E-state index contributed by atoms with van der Waals surface area (Å²) in [5.41, 5.74) is 4.25. The van der Waals surface area contributed by atoms with Crippen LogP contribution in [-0.2, 0) is 12.8 Å². The van der Waals surface area contributed by atoms with Crippen LogP contribution in [0.2, 0.25) is 0 Å². The van der Waals surface area contributed by atoms with E-state index in [1.165, 1.54) is 11.1 Å². The van der Waals surface area contributed by atoms with Gasteiger partial charge in [-0.05, 0) is 46.6 Å². The zero-order valence-corrected chi connectivity index (χ0v) is 21.5. The van der Waals surface area contributed by atoms with Crippen LogP contribution >= 0.6 is 21.6 Å². The largest absolute Gasteiger partial charge is 0.458 e. The molecule has 0 aliphatic rings. The molecule has 2 N–H and O–H groups in total. The summed E-state index contributed by atoms with van der Waals surface area (Å²) in [6.07, 6.45) is 1.44. The number of hydrogen-bond donors (Lipinski definition) is 2. The second kappa shape index (κ2) is 9.71. The van der Waals surface area contributed by atoms with Gasteiger partial charge in [-0.3, -0.25) is 0 Å². The van der Waals surface area contributed by atoms with Crippen LogP contribution in [0.15, 0.2) is 82.8 Å². The average Bonchev–Trinajstić information content (AvgIpc) is 3.46. The van der Waals surface area contributed by atoms with Gasteiger partial charge in [-0.2, -0.15) is 0 Å². The predicted octanol–water partition coefficient (Wildman–Crippen LogP) is 4.00. The molecule has 6 aromatic rings. The molecule has 10 heteroatoms. The van der Waals surface area contributed by atoms with Crippen LogP contribution in [0.4, 0.5) is 0 Å². The maximum Gasteiger partial charge on any atom is 0.458 e. The van der Waals surface area contributed by atoms with E-state index >= 15 is 0 Å². The number of aromatic amines is 2. The maximum atomic E-state index is 4.73. The summed E-state index contributed by atoms with van der Waals surface area (Å²) in [5, 5.41) is 8.88. The molecule has 0 saturated heterocycles. The Morgan fingerprint density at radius 3 is 1.44 bits per heavy atom. The number of nitrogens with zero attached hydrogens (tertiary/aromatic N) is 6. The van der Waals surface area contributed by atoms with Crippen molar-refractivity contribution in [2.24, 2.45) is 0 Å². The molecule has 0 saturated carbocycles. The Labute approximate surface area is 215 Å². The molecule has 0 radical (unpaired) electrons. The van der Waals surface area contributed by atoms with E-state index in [1.54, 1.807) is 21.6 Å². The van der Waals surface area contributed by atoms with Crippen LogP contribution < -0.4 is 9.03 Å². The molecule has 0 amide bonds. The van der Waals surface area contributed by atoms with E-state index in [9.17, 15) is 0 Å². The lowest BCUT2D eigenvalue weighted by molar-refractivity contribution is -0.621. The lowest BCUT2D eigenvalue weighted by Gasteiger charge is -2.00. The zero-order valence-electron chi connectivity index (χ0n) is 19.8. The normalized spacial score (nSPS) is 11.5. The van der Waals surface area contributed by atoms with Gasteiger partial charge in [-0.1, -0.05) is 80.6 Å². The molecular formula is C26H24N8S2+2. The second-order valence-corrected chi connectivity index (χ2v) is 10.7. The molecule has 0 unspecified atom stereocenters.